The number of nitrogens with zero attached hydrogens (tertiary/aromatic N) is 3. The smallest absolute Gasteiger partial charge is 0.312 e. The minimum absolute atomic E-state index is 0.000260. The molecule has 1 unspecified atom stereocenters. The van der Waals surface area contributed by atoms with Gasteiger partial charge in [-0.25, -0.2) is 4.98 Å². The van der Waals surface area contributed by atoms with Gasteiger partial charge in [0.2, 0.25) is 5.82 Å². The molecule has 0 aromatic carbocycles. The molecule has 2 rings (SSSR count). The van der Waals surface area contributed by atoms with E-state index in [1.807, 2.05) is 36.4 Å². The van der Waals surface area contributed by atoms with Crippen molar-refractivity contribution in [3.8, 4) is 0 Å². The molecule has 1 atom stereocenters. The summed E-state index contributed by atoms with van der Waals surface area (Å²) in [6.45, 7) is 2.00. The molecule has 0 spiro atoms. The van der Waals surface area contributed by atoms with Crippen LogP contribution in [0.4, 0.5) is 11.5 Å². The Bertz CT molecular complexity index is 589. The van der Waals surface area contributed by atoms with E-state index in [1.165, 1.54) is 6.07 Å². The van der Waals surface area contributed by atoms with E-state index in [0.29, 0.717) is 10.3 Å². The second-order valence-electron chi connectivity index (χ2n) is 4.06. The molecule has 7 heteroatoms. The fourth-order valence-corrected chi connectivity index (χ4v) is 2.88. The predicted octanol–water partition coefficient (Wildman–Crippen LogP) is 4.01. The predicted molar refractivity (Wildman–Crippen MR) is 79.7 cm³/mol. The minimum Gasteiger partial charge on any atom is -0.346 e. The largest absolute Gasteiger partial charge is 0.346 e. The van der Waals surface area contributed by atoms with Crippen molar-refractivity contribution in [2.24, 2.45) is 0 Å². The highest BCUT2D eigenvalue weighted by molar-refractivity contribution is 9.10. The third-order valence-corrected chi connectivity index (χ3v) is 4.36. The zero-order chi connectivity index (χ0) is 14.0. The van der Waals surface area contributed by atoms with E-state index >= 15 is 0 Å². The van der Waals surface area contributed by atoms with Crippen LogP contribution < -0.4 is 4.90 Å². The monoisotopic (exact) mass is 341 g/mol. The first-order valence-corrected chi connectivity index (χ1v) is 7.24. The Morgan fingerprint density at radius 2 is 2.32 bits per heavy atom. The molecule has 0 fully saturated rings. The number of nitro groups is 1. The summed E-state index contributed by atoms with van der Waals surface area (Å²) in [5.74, 6) is 0.370. The highest BCUT2D eigenvalue weighted by Crippen LogP contribution is 2.33. The van der Waals surface area contributed by atoms with Gasteiger partial charge in [-0.05, 0) is 34.3 Å². The van der Waals surface area contributed by atoms with Crippen molar-refractivity contribution in [1.29, 1.82) is 0 Å². The van der Waals surface area contributed by atoms with Crippen molar-refractivity contribution >= 4 is 38.8 Å². The number of pyridine rings is 1. The molecule has 2 aromatic heterocycles. The van der Waals surface area contributed by atoms with Gasteiger partial charge in [-0.1, -0.05) is 6.07 Å². The summed E-state index contributed by atoms with van der Waals surface area (Å²) >= 11 is 4.83. The van der Waals surface area contributed by atoms with Crippen LogP contribution >= 0.6 is 27.3 Å². The standard InChI is InChI=1S/C12H12BrN3O2S/c1-8(11-4-3-5-19-11)15(2)12-10(16(17)18)6-9(13)7-14-12/h3-8H,1-2H3. The summed E-state index contributed by atoms with van der Waals surface area (Å²) in [6, 6.07) is 5.48. The summed E-state index contributed by atoms with van der Waals surface area (Å²) in [6.07, 6.45) is 1.57. The number of halogens is 1. The molecular formula is C12H12BrN3O2S. The summed E-state index contributed by atoms with van der Waals surface area (Å²) in [4.78, 5) is 17.8. The van der Waals surface area contributed by atoms with E-state index < -0.39 is 4.92 Å². The normalized spacial score (nSPS) is 12.2. The minimum atomic E-state index is -0.412. The maximum absolute atomic E-state index is 11.1. The highest BCUT2D eigenvalue weighted by Gasteiger charge is 2.23. The molecule has 0 bridgehead atoms. The van der Waals surface area contributed by atoms with Gasteiger partial charge >= 0.3 is 5.69 Å². The van der Waals surface area contributed by atoms with E-state index in [-0.39, 0.29) is 11.7 Å². The number of aromatic nitrogens is 1. The van der Waals surface area contributed by atoms with Crippen molar-refractivity contribution < 1.29 is 4.92 Å². The second-order valence-corrected chi connectivity index (χ2v) is 5.95. The quantitative estimate of drug-likeness (QED) is 0.622. The third kappa shape index (κ3) is 2.93. The second kappa shape index (κ2) is 5.66. The molecule has 0 aliphatic rings. The van der Waals surface area contributed by atoms with E-state index in [1.54, 1.807) is 17.5 Å². The number of thiophene rings is 1. The van der Waals surface area contributed by atoms with Crippen LogP contribution in [0.15, 0.2) is 34.2 Å². The molecule has 2 aromatic rings. The van der Waals surface area contributed by atoms with Gasteiger partial charge in [0.1, 0.15) is 0 Å². The van der Waals surface area contributed by atoms with E-state index in [0.717, 1.165) is 4.88 Å². The van der Waals surface area contributed by atoms with Crippen LogP contribution in [0.5, 0.6) is 0 Å². The van der Waals surface area contributed by atoms with Gasteiger partial charge in [0.15, 0.2) is 0 Å². The first kappa shape index (κ1) is 14.0. The van der Waals surface area contributed by atoms with Crippen LogP contribution in [-0.4, -0.2) is 17.0 Å². The molecule has 0 saturated heterocycles. The lowest BCUT2D eigenvalue weighted by molar-refractivity contribution is -0.384. The zero-order valence-corrected chi connectivity index (χ0v) is 12.8. The first-order valence-electron chi connectivity index (χ1n) is 5.57. The molecule has 0 aliphatic carbocycles. The Balaban J connectivity index is 2.38. The van der Waals surface area contributed by atoms with Crippen molar-refractivity contribution in [2.45, 2.75) is 13.0 Å². The summed E-state index contributed by atoms with van der Waals surface area (Å²) in [5.41, 5.74) is 0.000260. The lowest BCUT2D eigenvalue weighted by atomic mass is 10.2. The molecule has 0 saturated carbocycles. The van der Waals surface area contributed by atoms with Crippen LogP contribution in [0.25, 0.3) is 0 Å². The lowest BCUT2D eigenvalue weighted by Crippen LogP contribution is -2.22. The molecule has 5 nitrogen and oxygen atoms in total. The van der Waals surface area contributed by atoms with Crippen molar-refractivity contribution in [3.05, 3.63) is 49.2 Å². The number of anilines is 1. The molecule has 0 aliphatic heterocycles. The molecule has 0 N–H and O–H groups in total. The summed E-state index contributed by atoms with van der Waals surface area (Å²) in [7, 11) is 1.81. The van der Waals surface area contributed by atoms with Gasteiger partial charge in [-0.15, -0.1) is 11.3 Å². The first-order chi connectivity index (χ1) is 9.00. The van der Waals surface area contributed by atoms with Crippen molar-refractivity contribution in [3.63, 3.8) is 0 Å². The molecule has 2 heterocycles. The van der Waals surface area contributed by atoms with Crippen LogP contribution in [0, 0.1) is 10.1 Å². The Morgan fingerprint density at radius 1 is 1.58 bits per heavy atom. The fourth-order valence-electron chi connectivity index (χ4n) is 1.73. The highest BCUT2D eigenvalue weighted by atomic mass is 79.9. The van der Waals surface area contributed by atoms with Crippen LogP contribution in [0.1, 0.15) is 17.8 Å². The third-order valence-electron chi connectivity index (χ3n) is 2.88. The Hall–Kier alpha value is -1.47. The van der Waals surface area contributed by atoms with Crippen LogP contribution in [-0.2, 0) is 0 Å². The maximum Gasteiger partial charge on any atom is 0.312 e. The van der Waals surface area contributed by atoms with Crippen LogP contribution in [0.2, 0.25) is 0 Å². The molecule has 100 valence electrons. The van der Waals surface area contributed by atoms with E-state index in [4.69, 9.17) is 0 Å². The fraction of sp³-hybridized carbons (Fsp3) is 0.250. The zero-order valence-electron chi connectivity index (χ0n) is 10.4. The van der Waals surface area contributed by atoms with E-state index in [2.05, 4.69) is 20.9 Å². The number of hydrogen-bond acceptors (Lipinski definition) is 5. The molecule has 0 amide bonds. The summed E-state index contributed by atoms with van der Waals surface area (Å²) in [5, 5.41) is 13.1. The van der Waals surface area contributed by atoms with Crippen molar-refractivity contribution in [2.75, 3.05) is 11.9 Å². The number of hydrogen-bond donors (Lipinski definition) is 0. The Kier molecular flexibility index (Phi) is 4.16. The summed E-state index contributed by atoms with van der Waals surface area (Å²) < 4.78 is 0.597. The van der Waals surface area contributed by atoms with E-state index in [9.17, 15) is 10.1 Å². The Morgan fingerprint density at radius 3 is 2.89 bits per heavy atom. The lowest BCUT2D eigenvalue weighted by Gasteiger charge is -2.24. The van der Waals surface area contributed by atoms with Gasteiger partial charge in [0.25, 0.3) is 0 Å². The van der Waals surface area contributed by atoms with Gasteiger partial charge in [0.05, 0.1) is 11.0 Å². The molecule has 0 radical (unpaired) electrons. The van der Waals surface area contributed by atoms with Crippen molar-refractivity contribution in [1.82, 2.24) is 4.98 Å². The molecule has 19 heavy (non-hydrogen) atoms. The SMILES string of the molecule is CC(c1cccs1)N(C)c1ncc(Br)cc1[N+](=O)[O-]. The molecular weight excluding hydrogens is 330 g/mol. The maximum atomic E-state index is 11.1. The van der Waals surface area contributed by atoms with Gasteiger partial charge in [-0.3, -0.25) is 10.1 Å². The average molecular weight is 342 g/mol. The average Bonchev–Trinajstić information content (AvgIpc) is 2.90. The van der Waals surface area contributed by atoms with Crippen LogP contribution in [0.3, 0.4) is 0 Å². The van der Waals surface area contributed by atoms with Gasteiger partial charge in [-0.2, -0.15) is 0 Å². The topological polar surface area (TPSA) is 59.3 Å². The van der Waals surface area contributed by atoms with Gasteiger partial charge < -0.3 is 4.90 Å². The Labute approximate surface area is 123 Å². The number of rotatable bonds is 4. The van der Waals surface area contributed by atoms with Gasteiger partial charge in [0, 0.05) is 28.7 Å².